The summed E-state index contributed by atoms with van der Waals surface area (Å²) in [5, 5.41) is 5.39. The minimum absolute atomic E-state index is 0.0177. The molecule has 0 saturated carbocycles. The summed E-state index contributed by atoms with van der Waals surface area (Å²) in [6, 6.07) is 17.2. The lowest BCUT2D eigenvalue weighted by atomic mass is 10.1. The maximum absolute atomic E-state index is 11.8. The molecule has 0 bridgehead atoms. The SMILES string of the molecule is O=C(CNC(=O)Cc1ccccc1Br)NCc1ccccc1. The molecule has 0 aliphatic rings. The number of halogens is 1. The summed E-state index contributed by atoms with van der Waals surface area (Å²) in [7, 11) is 0. The van der Waals surface area contributed by atoms with Gasteiger partial charge < -0.3 is 10.6 Å². The molecule has 0 aromatic heterocycles. The molecule has 0 unspecified atom stereocenters. The van der Waals surface area contributed by atoms with E-state index in [4.69, 9.17) is 0 Å². The van der Waals surface area contributed by atoms with Crippen molar-refractivity contribution in [1.29, 1.82) is 0 Å². The molecule has 0 atom stereocenters. The lowest BCUT2D eigenvalue weighted by molar-refractivity contribution is -0.125. The molecule has 0 aliphatic heterocycles. The van der Waals surface area contributed by atoms with Crippen LogP contribution in [0.15, 0.2) is 59.1 Å². The summed E-state index contributed by atoms with van der Waals surface area (Å²) in [5.74, 6) is -0.383. The van der Waals surface area contributed by atoms with Crippen LogP contribution in [0.4, 0.5) is 0 Å². The zero-order chi connectivity index (χ0) is 15.8. The Morgan fingerprint density at radius 2 is 1.55 bits per heavy atom. The maximum atomic E-state index is 11.8. The molecule has 0 aliphatic carbocycles. The standard InChI is InChI=1S/C17H17BrN2O2/c18-15-9-5-4-8-14(15)10-16(21)20-12-17(22)19-11-13-6-2-1-3-7-13/h1-9H,10-12H2,(H,19,22)(H,20,21). The highest BCUT2D eigenvalue weighted by molar-refractivity contribution is 9.10. The first-order valence-electron chi connectivity index (χ1n) is 6.96. The fourth-order valence-corrected chi connectivity index (χ4v) is 2.34. The van der Waals surface area contributed by atoms with Crippen molar-refractivity contribution in [1.82, 2.24) is 10.6 Å². The van der Waals surface area contributed by atoms with Gasteiger partial charge >= 0.3 is 0 Å². The Hall–Kier alpha value is -2.14. The average molecular weight is 361 g/mol. The van der Waals surface area contributed by atoms with Crippen LogP contribution in [-0.2, 0) is 22.6 Å². The van der Waals surface area contributed by atoms with Gasteiger partial charge in [0.05, 0.1) is 13.0 Å². The maximum Gasteiger partial charge on any atom is 0.239 e. The van der Waals surface area contributed by atoms with E-state index in [-0.39, 0.29) is 24.8 Å². The van der Waals surface area contributed by atoms with Crippen LogP contribution in [-0.4, -0.2) is 18.4 Å². The average Bonchev–Trinajstić information content (AvgIpc) is 2.54. The zero-order valence-corrected chi connectivity index (χ0v) is 13.6. The zero-order valence-electron chi connectivity index (χ0n) is 12.0. The fourth-order valence-electron chi connectivity index (χ4n) is 1.92. The molecule has 2 aromatic carbocycles. The van der Waals surface area contributed by atoms with Crippen LogP contribution in [0.1, 0.15) is 11.1 Å². The molecule has 4 nitrogen and oxygen atoms in total. The number of carbonyl (C=O) groups excluding carboxylic acids is 2. The molecule has 0 spiro atoms. The van der Waals surface area contributed by atoms with Gasteiger partial charge in [0.1, 0.15) is 0 Å². The van der Waals surface area contributed by atoms with Crippen molar-refractivity contribution in [2.75, 3.05) is 6.54 Å². The molecule has 5 heteroatoms. The lowest BCUT2D eigenvalue weighted by Crippen LogP contribution is -2.37. The van der Waals surface area contributed by atoms with Crippen LogP contribution < -0.4 is 10.6 Å². The summed E-state index contributed by atoms with van der Waals surface area (Å²) >= 11 is 3.40. The normalized spacial score (nSPS) is 10.0. The van der Waals surface area contributed by atoms with Gasteiger partial charge in [-0.15, -0.1) is 0 Å². The third-order valence-electron chi connectivity index (χ3n) is 3.09. The molecule has 0 saturated heterocycles. The van der Waals surface area contributed by atoms with Crippen molar-refractivity contribution in [2.45, 2.75) is 13.0 Å². The van der Waals surface area contributed by atoms with Gasteiger partial charge in [-0.05, 0) is 17.2 Å². The van der Waals surface area contributed by atoms with E-state index in [1.165, 1.54) is 0 Å². The summed E-state index contributed by atoms with van der Waals surface area (Å²) in [6.45, 7) is 0.440. The monoisotopic (exact) mass is 360 g/mol. The highest BCUT2D eigenvalue weighted by Crippen LogP contribution is 2.15. The third-order valence-corrected chi connectivity index (χ3v) is 3.86. The van der Waals surface area contributed by atoms with Gasteiger partial charge in [-0.2, -0.15) is 0 Å². The first kappa shape index (κ1) is 16.2. The van der Waals surface area contributed by atoms with Gasteiger partial charge in [0, 0.05) is 11.0 Å². The lowest BCUT2D eigenvalue weighted by Gasteiger charge is -2.08. The molecular weight excluding hydrogens is 344 g/mol. The minimum Gasteiger partial charge on any atom is -0.350 e. The van der Waals surface area contributed by atoms with Gasteiger partial charge in [-0.25, -0.2) is 0 Å². The Kier molecular flexibility index (Phi) is 6.15. The predicted molar refractivity (Wildman–Crippen MR) is 89.1 cm³/mol. The fraction of sp³-hybridized carbons (Fsp3) is 0.176. The largest absolute Gasteiger partial charge is 0.350 e. The Labute approximate surface area is 138 Å². The molecule has 22 heavy (non-hydrogen) atoms. The molecular formula is C17H17BrN2O2. The number of benzene rings is 2. The third kappa shape index (κ3) is 5.33. The summed E-state index contributed by atoms with van der Waals surface area (Å²) in [6.07, 6.45) is 0.243. The van der Waals surface area contributed by atoms with Crippen LogP contribution in [0.5, 0.6) is 0 Å². The van der Waals surface area contributed by atoms with Crippen LogP contribution in [0.3, 0.4) is 0 Å². The Bertz CT molecular complexity index is 644. The topological polar surface area (TPSA) is 58.2 Å². The predicted octanol–water partition coefficient (Wildman–Crippen LogP) is 2.42. The van der Waals surface area contributed by atoms with Gasteiger partial charge in [0.15, 0.2) is 0 Å². The van der Waals surface area contributed by atoms with Crippen LogP contribution in [0, 0.1) is 0 Å². The number of carbonyl (C=O) groups is 2. The number of amides is 2. The molecule has 114 valence electrons. The minimum atomic E-state index is -0.204. The number of hydrogen-bond donors (Lipinski definition) is 2. The quantitative estimate of drug-likeness (QED) is 0.830. The smallest absolute Gasteiger partial charge is 0.239 e. The van der Waals surface area contributed by atoms with Gasteiger partial charge in [0.25, 0.3) is 0 Å². The van der Waals surface area contributed by atoms with Crippen LogP contribution >= 0.6 is 15.9 Å². The second-order valence-electron chi connectivity index (χ2n) is 4.81. The summed E-state index contributed by atoms with van der Waals surface area (Å²) < 4.78 is 0.888. The number of hydrogen-bond acceptors (Lipinski definition) is 2. The van der Waals surface area contributed by atoms with E-state index in [1.807, 2.05) is 54.6 Å². The Morgan fingerprint density at radius 3 is 2.27 bits per heavy atom. The van der Waals surface area contributed by atoms with E-state index in [9.17, 15) is 9.59 Å². The van der Waals surface area contributed by atoms with Crippen LogP contribution in [0.25, 0.3) is 0 Å². The van der Waals surface area contributed by atoms with Gasteiger partial charge in [0.2, 0.25) is 11.8 Å². The van der Waals surface area contributed by atoms with Gasteiger partial charge in [-0.1, -0.05) is 64.5 Å². The van der Waals surface area contributed by atoms with Crippen molar-refractivity contribution in [3.05, 3.63) is 70.2 Å². The van der Waals surface area contributed by atoms with Crippen molar-refractivity contribution in [2.24, 2.45) is 0 Å². The summed E-state index contributed by atoms with van der Waals surface area (Å²) in [5.41, 5.74) is 1.92. The van der Waals surface area contributed by atoms with E-state index in [2.05, 4.69) is 26.6 Å². The second kappa shape index (κ2) is 8.34. The highest BCUT2D eigenvalue weighted by atomic mass is 79.9. The van der Waals surface area contributed by atoms with Crippen molar-refractivity contribution in [3.8, 4) is 0 Å². The first-order chi connectivity index (χ1) is 10.6. The van der Waals surface area contributed by atoms with Crippen molar-refractivity contribution >= 4 is 27.7 Å². The highest BCUT2D eigenvalue weighted by Gasteiger charge is 2.08. The van der Waals surface area contributed by atoms with Gasteiger partial charge in [-0.3, -0.25) is 9.59 Å². The number of nitrogens with one attached hydrogen (secondary N) is 2. The Balaban J connectivity index is 1.72. The molecule has 2 rings (SSSR count). The van der Waals surface area contributed by atoms with Crippen LogP contribution in [0.2, 0.25) is 0 Å². The van der Waals surface area contributed by atoms with E-state index < -0.39 is 0 Å². The van der Waals surface area contributed by atoms with E-state index in [1.54, 1.807) is 0 Å². The Morgan fingerprint density at radius 1 is 0.864 bits per heavy atom. The van der Waals surface area contributed by atoms with Crippen molar-refractivity contribution < 1.29 is 9.59 Å². The van der Waals surface area contributed by atoms with E-state index in [0.29, 0.717) is 6.54 Å². The molecule has 0 fully saturated rings. The van der Waals surface area contributed by atoms with E-state index >= 15 is 0 Å². The first-order valence-corrected chi connectivity index (χ1v) is 7.75. The van der Waals surface area contributed by atoms with Crippen molar-refractivity contribution in [3.63, 3.8) is 0 Å². The molecule has 2 amide bonds. The molecule has 0 heterocycles. The van der Waals surface area contributed by atoms with E-state index in [0.717, 1.165) is 15.6 Å². The molecule has 0 radical (unpaired) electrons. The summed E-state index contributed by atoms with van der Waals surface area (Å²) in [4.78, 5) is 23.5. The molecule has 2 aromatic rings. The molecule has 2 N–H and O–H groups in total. The second-order valence-corrected chi connectivity index (χ2v) is 5.66. The number of rotatable bonds is 6.